The van der Waals surface area contributed by atoms with Gasteiger partial charge in [0.05, 0.1) is 16.8 Å². The van der Waals surface area contributed by atoms with E-state index in [4.69, 9.17) is 11.6 Å². The lowest BCUT2D eigenvalue weighted by atomic mass is 10.2. The molecule has 0 bridgehead atoms. The Balaban J connectivity index is 2.05. The van der Waals surface area contributed by atoms with Gasteiger partial charge in [0.2, 0.25) is 0 Å². The molecule has 0 atom stereocenters. The molecule has 4 nitrogen and oxygen atoms in total. The van der Waals surface area contributed by atoms with Crippen LogP contribution in [0.25, 0.3) is 10.9 Å². The first-order chi connectivity index (χ1) is 9.28. The Morgan fingerprint density at radius 2 is 2.16 bits per heavy atom. The molecular weight excluding hydrogens is 282 g/mol. The van der Waals surface area contributed by atoms with Gasteiger partial charge in [-0.2, -0.15) is 11.8 Å². The van der Waals surface area contributed by atoms with Crippen LogP contribution in [0, 0.1) is 0 Å². The SMILES string of the molecule is O=c1[nH]c(CCl)nc2ccc(N3CCSCC3)cc12. The molecule has 1 aromatic carbocycles. The number of fused-ring (bicyclic) bond motifs is 1. The molecule has 1 aliphatic heterocycles. The number of rotatable bonds is 2. The molecule has 6 heteroatoms. The molecular formula is C13H14ClN3OS. The van der Waals surface area contributed by atoms with Gasteiger partial charge in [0.15, 0.2) is 0 Å². The van der Waals surface area contributed by atoms with Crippen LogP contribution in [-0.2, 0) is 5.88 Å². The maximum absolute atomic E-state index is 12.0. The van der Waals surface area contributed by atoms with Crippen LogP contribution in [0.5, 0.6) is 0 Å². The molecule has 100 valence electrons. The minimum absolute atomic E-state index is 0.117. The number of aromatic nitrogens is 2. The summed E-state index contributed by atoms with van der Waals surface area (Å²) in [6.45, 7) is 2.06. The second-order valence-electron chi connectivity index (χ2n) is 4.45. The molecule has 2 aromatic rings. The summed E-state index contributed by atoms with van der Waals surface area (Å²) in [5, 5.41) is 0.629. The van der Waals surface area contributed by atoms with Crippen LogP contribution in [0.1, 0.15) is 5.82 Å². The van der Waals surface area contributed by atoms with Crippen molar-refractivity contribution in [3.05, 3.63) is 34.4 Å². The molecule has 1 fully saturated rings. The zero-order chi connectivity index (χ0) is 13.2. The summed E-state index contributed by atoms with van der Waals surface area (Å²) in [7, 11) is 0. The van der Waals surface area contributed by atoms with Gasteiger partial charge in [-0.25, -0.2) is 4.98 Å². The number of alkyl halides is 1. The van der Waals surface area contributed by atoms with E-state index < -0.39 is 0 Å². The minimum Gasteiger partial charge on any atom is -0.370 e. The van der Waals surface area contributed by atoms with E-state index in [1.807, 2.05) is 30.0 Å². The first-order valence-electron chi connectivity index (χ1n) is 6.19. The summed E-state index contributed by atoms with van der Waals surface area (Å²) < 4.78 is 0. The van der Waals surface area contributed by atoms with Gasteiger partial charge in [0.1, 0.15) is 5.82 Å². The van der Waals surface area contributed by atoms with Gasteiger partial charge in [-0.05, 0) is 18.2 Å². The van der Waals surface area contributed by atoms with Crippen LogP contribution in [0.3, 0.4) is 0 Å². The second-order valence-corrected chi connectivity index (χ2v) is 5.94. The van der Waals surface area contributed by atoms with E-state index in [9.17, 15) is 4.79 Å². The first kappa shape index (κ1) is 12.8. The Labute approximate surface area is 120 Å². The fraction of sp³-hybridized carbons (Fsp3) is 0.385. The molecule has 0 amide bonds. The average Bonchev–Trinajstić information content (AvgIpc) is 2.47. The molecule has 2 heterocycles. The number of halogens is 1. The van der Waals surface area contributed by atoms with Crippen molar-refractivity contribution in [1.82, 2.24) is 9.97 Å². The normalized spacial score (nSPS) is 15.9. The van der Waals surface area contributed by atoms with Crippen LogP contribution in [0.2, 0.25) is 0 Å². The number of hydrogen-bond donors (Lipinski definition) is 1. The number of aromatic amines is 1. The van der Waals surface area contributed by atoms with Gasteiger partial charge < -0.3 is 9.88 Å². The number of H-pyrrole nitrogens is 1. The van der Waals surface area contributed by atoms with Crippen LogP contribution >= 0.6 is 23.4 Å². The molecule has 0 radical (unpaired) electrons. The van der Waals surface area contributed by atoms with E-state index in [2.05, 4.69) is 14.9 Å². The smallest absolute Gasteiger partial charge is 0.258 e. The fourth-order valence-electron chi connectivity index (χ4n) is 2.26. The van der Waals surface area contributed by atoms with Crippen molar-refractivity contribution in [2.24, 2.45) is 0 Å². The van der Waals surface area contributed by atoms with Crippen molar-refractivity contribution in [2.45, 2.75) is 5.88 Å². The summed E-state index contributed by atoms with van der Waals surface area (Å²) in [5.74, 6) is 3.01. The van der Waals surface area contributed by atoms with Crippen molar-refractivity contribution in [3.8, 4) is 0 Å². The highest BCUT2D eigenvalue weighted by Crippen LogP contribution is 2.22. The first-order valence-corrected chi connectivity index (χ1v) is 7.88. The number of hydrogen-bond acceptors (Lipinski definition) is 4. The van der Waals surface area contributed by atoms with Crippen molar-refractivity contribution >= 4 is 40.0 Å². The van der Waals surface area contributed by atoms with E-state index in [1.165, 1.54) is 0 Å². The van der Waals surface area contributed by atoms with Crippen LogP contribution in [-0.4, -0.2) is 34.6 Å². The molecule has 3 rings (SSSR count). The third kappa shape index (κ3) is 2.58. The van der Waals surface area contributed by atoms with Crippen molar-refractivity contribution in [1.29, 1.82) is 0 Å². The molecule has 1 aliphatic rings. The Hall–Kier alpha value is -1.20. The van der Waals surface area contributed by atoms with Gasteiger partial charge in [-0.1, -0.05) is 0 Å². The molecule has 0 spiro atoms. The van der Waals surface area contributed by atoms with Crippen molar-refractivity contribution < 1.29 is 0 Å². The summed E-state index contributed by atoms with van der Waals surface area (Å²) in [6, 6.07) is 5.86. The predicted octanol–water partition coefficient (Wildman–Crippen LogP) is 2.22. The number of benzene rings is 1. The molecule has 19 heavy (non-hydrogen) atoms. The van der Waals surface area contributed by atoms with Crippen LogP contribution in [0.4, 0.5) is 5.69 Å². The molecule has 1 saturated heterocycles. The molecule has 0 aliphatic carbocycles. The van der Waals surface area contributed by atoms with E-state index in [0.717, 1.165) is 30.3 Å². The zero-order valence-corrected chi connectivity index (χ0v) is 11.9. The highest BCUT2D eigenvalue weighted by atomic mass is 35.5. The number of anilines is 1. The van der Waals surface area contributed by atoms with Crippen LogP contribution in [0.15, 0.2) is 23.0 Å². The fourth-order valence-corrected chi connectivity index (χ4v) is 3.29. The number of nitrogens with one attached hydrogen (secondary N) is 1. The lowest BCUT2D eigenvalue weighted by molar-refractivity contribution is 0.859. The van der Waals surface area contributed by atoms with Crippen LogP contribution < -0.4 is 10.5 Å². The Bertz CT molecular complexity index is 652. The van der Waals surface area contributed by atoms with E-state index >= 15 is 0 Å². The predicted molar refractivity (Wildman–Crippen MR) is 81.5 cm³/mol. The molecule has 1 aromatic heterocycles. The maximum Gasteiger partial charge on any atom is 0.258 e. The summed E-state index contributed by atoms with van der Waals surface area (Å²) >= 11 is 7.68. The van der Waals surface area contributed by atoms with E-state index in [0.29, 0.717) is 16.7 Å². The van der Waals surface area contributed by atoms with E-state index in [-0.39, 0.29) is 11.4 Å². The Morgan fingerprint density at radius 1 is 1.37 bits per heavy atom. The quantitative estimate of drug-likeness (QED) is 0.863. The topological polar surface area (TPSA) is 49.0 Å². The van der Waals surface area contributed by atoms with E-state index in [1.54, 1.807) is 0 Å². The Kier molecular flexibility index (Phi) is 3.66. The third-order valence-corrected chi connectivity index (χ3v) is 4.44. The zero-order valence-electron chi connectivity index (χ0n) is 10.4. The summed E-state index contributed by atoms with van der Waals surface area (Å²) in [4.78, 5) is 21.4. The van der Waals surface area contributed by atoms with Crippen molar-refractivity contribution in [2.75, 3.05) is 29.5 Å². The second kappa shape index (κ2) is 5.43. The average molecular weight is 296 g/mol. The summed E-state index contributed by atoms with van der Waals surface area (Å²) in [6.07, 6.45) is 0. The molecule has 0 unspecified atom stereocenters. The lowest BCUT2D eigenvalue weighted by Crippen LogP contribution is -2.32. The van der Waals surface area contributed by atoms with Gasteiger partial charge in [-0.15, -0.1) is 11.6 Å². The van der Waals surface area contributed by atoms with Gasteiger partial charge in [0, 0.05) is 30.3 Å². The van der Waals surface area contributed by atoms with Gasteiger partial charge >= 0.3 is 0 Å². The standard InChI is InChI=1S/C13H14ClN3OS/c14-8-12-15-11-2-1-9(7-10(11)13(18)16-12)17-3-5-19-6-4-17/h1-2,7H,3-6,8H2,(H,15,16,18). The molecule has 0 saturated carbocycles. The monoisotopic (exact) mass is 295 g/mol. The Morgan fingerprint density at radius 3 is 2.89 bits per heavy atom. The van der Waals surface area contributed by atoms with Crippen molar-refractivity contribution in [3.63, 3.8) is 0 Å². The molecule has 1 N–H and O–H groups in total. The third-order valence-electron chi connectivity index (χ3n) is 3.24. The summed E-state index contributed by atoms with van der Waals surface area (Å²) in [5.41, 5.74) is 1.68. The number of thioether (sulfide) groups is 1. The highest BCUT2D eigenvalue weighted by Gasteiger charge is 2.12. The number of nitrogens with zero attached hydrogens (tertiary/aromatic N) is 2. The van der Waals surface area contributed by atoms with Gasteiger partial charge in [-0.3, -0.25) is 4.79 Å². The maximum atomic E-state index is 12.0. The van der Waals surface area contributed by atoms with Gasteiger partial charge in [0.25, 0.3) is 5.56 Å². The minimum atomic E-state index is -0.117. The largest absolute Gasteiger partial charge is 0.370 e. The highest BCUT2D eigenvalue weighted by molar-refractivity contribution is 7.99. The lowest BCUT2D eigenvalue weighted by Gasteiger charge is -2.28.